The summed E-state index contributed by atoms with van der Waals surface area (Å²) >= 11 is 0. The lowest BCUT2D eigenvalue weighted by Gasteiger charge is -2.08. The first-order chi connectivity index (χ1) is 11.1. The lowest BCUT2D eigenvalue weighted by atomic mass is 10.1. The molecule has 1 heterocycles. The maximum absolute atomic E-state index is 11.9. The maximum atomic E-state index is 11.9. The Morgan fingerprint density at radius 3 is 2.48 bits per heavy atom. The van der Waals surface area contributed by atoms with E-state index >= 15 is 0 Å². The molecule has 6 heteroatoms. The number of nitrogens with zero attached hydrogens (tertiary/aromatic N) is 1. The Balaban J connectivity index is 2.26. The number of H-pyrrole nitrogens is 1. The smallest absolute Gasteiger partial charge is 0.341 e. The van der Waals surface area contributed by atoms with E-state index in [-0.39, 0.29) is 22.3 Å². The summed E-state index contributed by atoms with van der Waals surface area (Å²) < 4.78 is 0. The fraction of sp³-hybridized carbons (Fsp3) is 0. The Bertz CT molecular complexity index is 1180. The first-order valence-corrected chi connectivity index (χ1v) is 6.87. The summed E-state index contributed by atoms with van der Waals surface area (Å²) in [5, 5.41) is 20.3. The molecule has 0 amide bonds. The highest BCUT2D eigenvalue weighted by Crippen LogP contribution is 2.28. The van der Waals surface area contributed by atoms with Crippen molar-refractivity contribution in [2.45, 2.75) is 0 Å². The van der Waals surface area contributed by atoms with Crippen molar-refractivity contribution in [3.8, 4) is 5.75 Å². The average molecular weight is 306 g/mol. The van der Waals surface area contributed by atoms with Crippen molar-refractivity contribution in [3.63, 3.8) is 0 Å². The summed E-state index contributed by atoms with van der Waals surface area (Å²) in [4.78, 5) is 30.9. The summed E-state index contributed by atoms with van der Waals surface area (Å²) in [5.74, 6) is -1.62. The summed E-state index contributed by atoms with van der Waals surface area (Å²) in [7, 11) is 0. The minimum absolute atomic E-state index is 0.124. The summed E-state index contributed by atoms with van der Waals surface area (Å²) in [6.45, 7) is 0. The first-order valence-electron chi connectivity index (χ1n) is 6.87. The molecule has 0 atom stereocenters. The van der Waals surface area contributed by atoms with Crippen LogP contribution in [0.3, 0.4) is 0 Å². The Hall–Kier alpha value is -3.41. The van der Waals surface area contributed by atoms with E-state index in [1.165, 1.54) is 12.1 Å². The van der Waals surface area contributed by atoms with Crippen LogP contribution in [-0.4, -0.2) is 26.2 Å². The second-order valence-electron chi connectivity index (χ2n) is 5.21. The van der Waals surface area contributed by atoms with Gasteiger partial charge in [0.15, 0.2) is 5.43 Å². The molecule has 0 unspecified atom stereocenters. The molecule has 0 radical (unpaired) electrons. The molecule has 3 aromatic carbocycles. The summed E-state index contributed by atoms with van der Waals surface area (Å²) in [5.41, 5.74) is 1.41. The van der Waals surface area contributed by atoms with E-state index in [0.717, 1.165) is 0 Å². The molecular formula is C17H10N2O4. The molecule has 4 aromatic rings. The molecule has 23 heavy (non-hydrogen) atoms. The zero-order valence-electron chi connectivity index (χ0n) is 11.7. The number of aromatic hydroxyl groups is 1. The molecule has 6 nitrogen and oxygen atoms in total. The lowest BCUT2D eigenvalue weighted by molar-refractivity contribution is 0.0696. The highest BCUT2D eigenvalue weighted by Gasteiger charge is 2.17. The van der Waals surface area contributed by atoms with Crippen molar-refractivity contribution in [2.24, 2.45) is 0 Å². The van der Waals surface area contributed by atoms with Crippen LogP contribution in [0.1, 0.15) is 10.4 Å². The Labute approximate surface area is 128 Å². The number of hydrogen-bond acceptors (Lipinski definition) is 4. The number of aromatic carboxylic acids is 1. The second-order valence-corrected chi connectivity index (χ2v) is 5.21. The van der Waals surface area contributed by atoms with Crippen molar-refractivity contribution >= 4 is 38.8 Å². The van der Waals surface area contributed by atoms with E-state index < -0.39 is 5.97 Å². The highest BCUT2D eigenvalue weighted by atomic mass is 16.4. The fourth-order valence-electron chi connectivity index (χ4n) is 2.80. The van der Waals surface area contributed by atoms with E-state index in [0.29, 0.717) is 27.3 Å². The van der Waals surface area contributed by atoms with Crippen LogP contribution in [0, 0.1) is 0 Å². The molecule has 112 valence electrons. The minimum Gasteiger partial charge on any atom is -0.507 e. The number of carbonyl (C=O) groups is 1. The van der Waals surface area contributed by atoms with E-state index in [9.17, 15) is 19.8 Å². The van der Waals surface area contributed by atoms with Gasteiger partial charge >= 0.3 is 5.97 Å². The van der Waals surface area contributed by atoms with E-state index in [4.69, 9.17) is 0 Å². The van der Waals surface area contributed by atoms with Gasteiger partial charge in [0.25, 0.3) is 0 Å². The van der Waals surface area contributed by atoms with Crippen LogP contribution in [0.4, 0.5) is 0 Å². The van der Waals surface area contributed by atoms with Gasteiger partial charge in [0.1, 0.15) is 16.8 Å². The normalized spacial score (nSPS) is 11.3. The van der Waals surface area contributed by atoms with Crippen LogP contribution in [0.15, 0.2) is 47.3 Å². The van der Waals surface area contributed by atoms with Crippen LogP contribution < -0.4 is 5.43 Å². The number of phenols is 1. The van der Waals surface area contributed by atoms with Gasteiger partial charge in [0.2, 0.25) is 0 Å². The molecule has 0 fully saturated rings. The topological polar surface area (TPSA) is 103 Å². The van der Waals surface area contributed by atoms with Crippen LogP contribution in [0.2, 0.25) is 0 Å². The standard InChI is InChI=1S/C17H10N2O4/c20-12-3-1-2-9-8(12)4-5-10-15(9)19-16-11(18-10)6-7-13(21)14(16)17(22)23/h1-7,18,21H,(H,22,23). The van der Waals surface area contributed by atoms with Gasteiger partial charge < -0.3 is 15.2 Å². The van der Waals surface area contributed by atoms with Crippen molar-refractivity contribution in [1.29, 1.82) is 0 Å². The number of nitrogens with one attached hydrogen (secondary N) is 1. The minimum atomic E-state index is -1.27. The van der Waals surface area contributed by atoms with Gasteiger partial charge in [-0.3, -0.25) is 4.79 Å². The molecule has 0 saturated heterocycles. The van der Waals surface area contributed by atoms with Gasteiger partial charge in [-0.05, 0) is 30.3 Å². The van der Waals surface area contributed by atoms with Crippen molar-refractivity contribution in [1.82, 2.24) is 9.97 Å². The lowest BCUT2D eigenvalue weighted by Crippen LogP contribution is -2.02. The quantitative estimate of drug-likeness (QED) is 0.370. The predicted molar refractivity (Wildman–Crippen MR) is 86.0 cm³/mol. The van der Waals surface area contributed by atoms with Crippen LogP contribution in [-0.2, 0) is 0 Å². The third-order valence-corrected chi connectivity index (χ3v) is 3.86. The second kappa shape index (κ2) is 4.54. The van der Waals surface area contributed by atoms with Crippen LogP contribution in [0.5, 0.6) is 5.75 Å². The number of carboxylic acid groups (broad SMARTS) is 1. The number of hydrogen-bond donors (Lipinski definition) is 3. The number of benzene rings is 3. The van der Waals surface area contributed by atoms with Crippen molar-refractivity contribution < 1.29 is 15.0 Å². The Morgan fingerprint density at radius 1 is 0.957 bits per heavy atom. The number of carboxylic acids is 1. The van der Waals surface area contributed by atoms with Gasteiger partial charge in [-0.25, -0.2) is 9.78 Å². The highest BCUT2D eigenvalue weighted by molar-refractivity contribution is 6.09. The van der Waals surface area contributed by atoms with Gasteiger partial charge in [0.05, 0.1) is 16.6 Å². The molecule has 0 saturated carbocycles. The number of fused-ring (bicyclic) bond motifs is 4. The Kier molecular flexibility index (Phi) is 2.62. The summed E-state index contributed by atoms with van der Waals surface area (Å²) in [6.07, 6.45) is 0. The number of aromatic amines is 1. The van der Waals surface area contributed by atoms with E-state index in [1.807, 2.05) is 0 Å². The predicted octanol–water partition coefficient (Wildman–Crippen LogP) is 2.63. The maximum Gasteiger partial charge on any atom is 0.341 e. The average Bonchev–Trinajstić information content (AvgIpc) is 2.53. The monoisotopic (exact) mass is 306 g/mol. The molecule has 0 aliphatic carbocycles. The molecule has 3 N–H and O–H groups in total. The van der Waals surface area contributed by atoms with Crippen LogP contribution in [0.25, 0.3) is 32.8 Å². The van der Waals surface area contributed by atoms with Gasteiger partial charge in [0, 0.05) is 10.8 Å². The zero-order valence-corrected chi connectivity index (χ0v) is 11.7. The molecular weight excluding hydrogens is 296 g/mol. The molecule has 0 bridgehead atoms. The third kappa shape index (κ3) is 1.85. The fourth-order valence-corrected chi connectivity index (χ4v) is 2.80. The van der Waals surface area contributed by atoms with E-state index in [1.54, 1.807) is 30.3 Å². The van der Waals surface area contributed by atoms with E-state index in [2.05, 4.69) is 9.97 Å². The van der Waals surface area contributed by atoms with Gasteiger partial charge in [-0.1, -0.05) is 12.1 Å². The zero-order chi connectivity index (χ0) is 16.1. The molecule has 4 rings (SSSR count). The first kappa shape index (κ1) is 13.3. The SMILES string of the molecule is O=C(O)c1c(O)ccc2[nH]c3ccc4c(=O)cccc4c3nc12. The van der Waals surface area contributed by atoms with Crippen molar-refractivity contribution in [3.05, 3.63) is 58.3 Å². The molecule has 0 spiro atoms. The summed E-state index contributed by atoms with van der Waals surface area (Å²) in [6, 6.07) is 11.2. The Morgan fingerprint density at radius 2 is 1.70 bits per heavy atom. The van der Waals surface area contributed by atoms with Crippen LogP contribution >= 0.6 is 0 Å². The third-order valence-electron chi connectivity index (χ3n) is 3.86. The molecule has 0 aliphatic rings. The number of aromatic nitrogens is 2. The van der Waals surface area contributed by atoms with Crippen molar-refractivity contribution in [2.75, 3.05) is 0 Å². The number of rotatable bonds is 1. The van der Waals surface area contributed by atoms with Gasteiger partial charge in [-0.2, -0.15) is 0 Å². The molecule has 1 aromatic heterocycles. The molecule has 0 aliphatic heterocycles. The largest absolute Gasteiger partial charge is 0.507 e. The van der Waals surface area contributed by atoms with Gasteiger partial charge in [-0.15, -0.1) is 0 Å².